The quantitative estimate of drug-likeness (QED) is 0.0242. The minimum Gasteiger partial charge on any atom is -0.444 e. The third kappa shape index (κ3) is 23.0. The first-order valence-electron chi connectivity index (χ1n) is 37.0. The van der Waals surface area contributed by atoms with E-state index >= 15 is 0 Å². The summed E-state index contributed by atoms with van der Waals surface area (Å²) in [5, 5.41) is 65.6. The van der Waals surface area contributed by atoms with E-state index in [9.17, 15) is 34.5 Å². The Morgan fingerprint density at radius 3 is 1.17 bits per heavy atom. The largest absolute Gasteiger partial charge is 0.444 e. The number of carbonyl (C=O) groups excluding carboxylic acids is 4. The molecule has 20 heteroatoms. The van der Waals surface area contributed by atoms with Crippen molar-refractivity contribution in [3.63, 3.8) is 0 Å². The average Bonchev–Trinajstić information content (AvgIpc) is 0.772. The number of aliphatic hydroxyl groups excluding tert-OH is 2. The molecule has 10 N–H and O–H groups in total. The van der Waals surface area contributed by atoms with Gasteiger partial charge in [0.05, 0.1) is 16.8 Å². The molecule has 103 heavy (non-hydrogen) atoms. The summed E-state index contributed by atoms with van der Waals surface area (Å²) < 4.78 is 11.3. The van der Waals surface area contributed by atoms with Crippen molar-refractivity contribution >= 4 is 58.8 Å². The third-order valence-electron chi connectivity index (χ3n) is 19.9. The van der Waals surface area contributed by atoms with Gasteiger partial charge in [-0.25, -0.2) is 9.59 Å². The normalized spacial score (nSPS) is 18.1. The summed E-state index contributed by atoms with van der Waals surface area (Å²) in [7, 11) is 0. The van der Waals surface area contributed by atoms with Gasteiger partial charge in [-0.05, 0) is 219 Å². The molecular weight excluding hydrogens is 1360 g/mol. The van der Waals surface area contributed by atoms with Crippen LogP contribution in [0, 0.1) is 17.8 Å². The van der Waals surface area contributed by atoms with Gasteiger partial charge in [0, 0.05) is 95.3 Å². The number of hydrogen-bond donors (Lipinski definition) is 9. The molecule has 562 valence electrons. The third-order valence-corrected chi connectivity index (χ3v) is 20.9. The zero-order chi connectivity index (χ0) is 75.1. The number of amides is 4. The van der Waals surface area contributed by atoms with Gasteiger partial charge in [0.25, 0.3) is 0 Å². The summed E-state index contributed by atoms with van der Waals surface area (Å²) in [5.41, 5.74) is 12.5. The van der Waals surface area contributed by atoms with E-state index in [1.807, 2.05) is 133 Å². The van der Waals surface area contributed by atoms with Crippen LogP contribution in [0.2, 0.25) is 15.1 Å². The molecule has 6 atom stereocenters. The molecule has 0 bridgehead atoms. The molecule has 0 aromatic heterocycles. The van der Waals surface area contributed by atoms with Crippen molar-refractivity contribution < 1.29 is 54.2 Å². The molecule has 3 heterocycles. The molecule has 0 saturated carbocycles. The number of carbonyl (C=O) groups is 4. The predicted molar refractivity (Wildman–Crippen MR) is 414 cm³/mol. The molecule has 3 unspecified atom stereocenters. The van der Waals surface area contributed by atoms with Crippen LogP contribution in [0.5, 0.6) is 0 Å². The highest BCUT2D eigenvalue weighted by molar-refractivity contribution is 6.34. The number of piperidine rings is 3. The molecule has 3 aliphatic heterocycles. The maximum Gasteiger partial charge on any atom is 0.410 e. The standard InChI is InChI=1S/C30H41ClN2O5.C28H39ClN2O3.C25H33ClN2O3/c1-5-21-10-6-11-22(18-21)27-24(13-7-14-25(27)31)30(37,15-9-16-32-26(35)20-34)23-12-8-17-33(19-23)28(36)38-29(2,3)4;1-5-20-10-6-11-21(18-20)25-23(13-7-14-24(25)29)28(33,15-9-16-30)22-12-8-17-31(19-22)26(32)34-27(2,3)4;1-2-18-7-3-8-19(15-18)24-21(10-4-11-22(24)26)25(31,20-9-5-13-27-16-20)12-6-14-28-23(30)17-29/h6-7,10-11,13-14,18,23,34,37H,5,8-9,12,15-17,19-20H2,1-4H3,(H,32,35);6-7,10-11,13-14,18,22,33H,5,8-9,12,15-17,19,30H2,1-4H3;3-4,7-8,10-11,15,20,27,29,31H,2,5-6,9,12-14,16-17H2,1H3,(H,28,30)/t23-,30?;22-,28?;20-,25?/m111/s1. The minimum atomic E-state index is -1.33. The number of nitrogens with one attached hydrogen (secondary N) is 3. The Hall–Kier alpha value is -6.61. The number of halogens is 3. The van der Waals surface area contributed by atoms with E-state index in [0.717, 1.165) is 121 Å². The number of rotatable bonds is 25. The van der Waals surface area contributed by atoms with E-state index in [1.54, 1.807) is 9.80 Å². The Morgan fingerprint density at radius 1 is 0.505 bits per heavy atom. The molecule has 4 amide bonds. The zero-order valence-corrected chi connectivity index (χ0v) is 64.3. The first-order valence-corrected chi connectivity index (χ1v) is 38.1. The number of benzene rings is 6. The topological polar surface area (TPSA) is 256 Å². The van der Waals surface area contributed by atoms with Gasteiger partial charge in [-0.2, -0.15) is 0 Å². The van der Waals surface area contributed by atoms with E-state index in [2.05, 4.69) is 73.1 Å². The summed E-state index contributed by atoms with van der Waals surface area (Å²) in [5.74, 6) is -1.25. The van der Waals surface area contributed by atoms with E-state index in [4.69, 9.17) is 60.2 Å². The van der Waals surface area contributed by atoms with Gasteiger partial charge in [0.1, 0.15) is 24.4 Å². The first-order chi connectivity index (χ1) is 49.1. The van der Waals surface area contributed by atoms with Gasteiger partial charge < -0.3 is 66.5 Å². The monoisotopic (exact) mass is 1470 g/mol. The van der Waals surface area contributed by atoms with Crippen molar-refractivity contribution in [1.29, 1.82) is 0 Å². The van der Waals surface area contributed by atoms with Gasteiger partial charge in [0.2, 0.25) is 11.8 Å². The molecule has 3 aliphatic rings. The Bertz CT molecular complexity index is 3740. The lowest BCUT2D eigenvalue weighted by atomic mass is 9.72. The molecule has 0 radical (unpaired) electrons. The SMILES string of the molecule is CCc1cccc(-c2c(Cl)cccc2C(O)(CCCN)[C@@H]2CCCN(C(=O)OC(C)(C)C)C2)c1.CCc1cccc(-c2c(Cl)cccc2C(O)(CCCNC(=O)CO)[C@@H]2CCCN(C(=O)OC(C)(C)C)C2)c1.CCc1cccc(-c2c(Cl)cccc2C(O)(CCCNC(=O)CO)[C@@H]2CCCNC2)c1. The highest BCUT2D eigenvalue weighted by atomic mass is 35.5. The summed E-state index contributed by atoms with van der Waals surface area (Å²) >= 11 is 20.3. The number of nitrogens with zero attached hydrogens (tertiary/aromatic N) is 2. The Labute approximate surface area is 626 Å². The lowest BCUT2D eigenvalue weighted by Gasteiger charge is -2.44. The molecule has 3 fully saturated rings. The van der Waals surface area contributed by atoms with Gasteiger partial charge in [0.15, 0.2) is 0 Å². The van der Waals surface area contributed by atoms with Gasteiger partial charge in [-0.1, -0.05) is 165 Å². The van der Waals surface area contributed by atoms with Crippen molar-refractivity contribution in [2.24, 2.45) is 23.5 Å². The minimum absolute atomic E-state index is 0.0429. The van der Waals surface area contributed by atoms with Crippen LogP contribution in [0.25, 0.3) is 33.4 Å². The number of aliphatic hydroxyl groups is 5. The summed E-state index contributed by atoms with van der Waals surface area (Å²) in [4.78, 5) is 52.2. The Balaban J connectivity index is 0.000000217. The van der Waals surface area contributed by atoms with Crippen molar-refractivity contribution in [2.75, 3.05) is 72.1 Å². The average molecular weight is 1480 g/mol. The molecule has 3 saturated heterocycles. The molecule has 0 spiro atoms. The Kier molecular flexibility index (Phi) is 31.8. The lowest BCUT2D eigenvalue weighted by molar-refractivity contribution is -0.124. The van der Waals surface area contributed by atoms with E-state index < -0.39 is 53.0 Å². The smallest absolute Gasteiger partial charge is 0.410 e. The summed E-state index contributed by atoms with van der Waals surface area (Å²) in [6.45, 7) is 21.2. The second-order valence-electron chi connectivity index (χ2n) is 29.6. The number of ether oxygens (including phenoxy) is 2. The second kappa shape index (κ2) is 39.1. The van der Waals surface area contributed by atoms with Crippen molar-refractivity contribution in [2.45, 2.75) is 187 Å². The highest BCUT2D eigenvalue weighted by Crippen LogP contribution is 2.49. The van der Waals surface area contributed by atoms with Crippen LogP contribution in [0.4, 0.5) is 9.59 Å². The maximum absolute atomic E-state index is 12.9. The van der Waals surface area contributed by atoms with Gasteiger partial charge in [-0.15, -0.1) is 0 Å². The second-order valence-corrected chi connectivity index (χ2v) is 30.8. The summed E-state index contributed by atoms with van der Waals surface area (Å²) in [6, 6.07) is 41.9. The van der Waals surface area contributed by atoms with Crippen LogP contribution < -0.4 is 21.7 Å². The van der Waals surface area contributed by atoms with Crippen molar-refractivity contribution in [3.8, 4) is 33.4 Å². The number of likely N-dealkylation sites (tertiary alicyclic amines) is 2. The fourth-order valence-electron chi connectivity index (χ4n) is 14.7. The van der Waals surface area contributed by atoms with Gasteiger partial charge in [-0.3, -0.25) is 9.59 Å². The number of nitrogens with two attached hydrogens (primary N) is 1. The van der Waals surface area contributed by atoms with Crippen molar-refractivity contribution in [1.82, 2.24) is 25.8 Å². The van der Waals surface area contributed by atoms with E-state index in [0.29, 0.717) is 105 Å². The van der Waals surface area contributed by atoms with E-state index in [1.165, 1.54) is 11.1 Å². The highest BCUT2D eigenvalue weighted by Gasteiger charge is 2.46. The fraction of sp³-hybridized carbons (Fsp3) is 0.518. The molecule has 6 aromatic carbocycles. The van der Waals surface area contributed by atoms with Crippen LogP contribution in [0.15, 0.2) is 127 Å². The van der Waals surface area contributed by atoms with Crippen molar-refractivity contribution in [3.05, 3.63) is 176 Å². The Morgan fingerprint density at radius 2 is 0.845 bits per heavy atom. The van der Waals surface area contributed by atoms with Crippen LogP contribution in [-0.2, 0) is 55.1 Å². The predicted octanol–water partition coefficient (Wildman–Crippen LogP) is 15.1. The van der Waals surface area contributed by atoms with Crippen LogP contribution >= 0.6 is 34.8 Å². The summed E-state index contributed by atoms with van der Waals surface area (Å²) in [6.07, 6.45) is 10.1. The molecule has 17 nitrogen and oxygen atoms in total. The van der Waals surface area contributed by atoms with Gasteiger partial charge >= 0.3 is 12.2 Å². The van der Waals surface area contributed by atoms with Crippen LogP contribution in [-0.4, -0.2) is 143 Å². The van der Waals surface area contributed by atoms with Crippen LogP contribution in [0.3, 0.4) is 0 Å². The van der Waals surface area contributed by atoms with Crippen LogP contribution in [0.1, 0.15) is 173 Å². The first kappa shape index (κ1) is 83.7. The molecular formula is C83H113Cl3N6O11. The lowest BCUT2D eigenvalue weighted by Crippen LogP contribution is -2.49. The van der Waals surface area contributed by atoms with E-state index in [-0.39, 0.29) is 29.9 Å². The molecule has 9 rings (SSSR count). The molecule has 0 aliphatic carbocycles. The maximum atomic E-state index is 12.9. The zero-order valence-electron chi connectivity index (χ0n) is 62.0. The molecule has 6 aromatic rings. The number of aryl methyl sites for hydroxylation is 3. The number of hydrogen-bond acceptors (Lipinski definition) is 13. The fourth-order valence-corrected chi connectivity index (χ4v) is 15.5.